The molecule has 1 unspecified atom stereocenters. The average Bonchev–Trinajstić information content (AvgIpc) is 3.04. The maximum atomic E-state index is 6.00. The van der Waals surface area contributed by atoms with Crippen molar-refractivity contribution in [3.05, 3.63) is 29.8 Å². The van der Waals surface area contributed by atoms with Gasteiger partial charge in [-0.25, -0.2) is 0 Å². The second-order valence-electron chi connectivity index (χ2n) is 8.38. The first-order valence-corrected chi connectivity index (χ1v) is 10.3. The highest BCUT2D eigenvalue weighted by atomic mass is 16.5. The Morgan fingerprint density at radius 1 is 1.19 bits per heavy atom. The molecule has 0 saturated carbocycles. The van der Waals surface area contributed by atoms with Gasteiger partial charge in [-0.2, -0.15) is 0 Å². The summed E-state index contributed by atoms with van der Waals surface area (Å²) in [4.78, 5) is 4.89. The molecule has 2 saturated heterocycles. The minimum atomic E-state index is 0.214. The van der Waals surface area contributed by atoms with E-state index in [1.807, 2.05) is 0 Å². The predicted octanol–water partition coefficient (Wildman–Crippen LogP) is 3.55. The van der Waals surface area contributed by atoms with E-state index in [2.05, 4.69) is 55.1 Å². The molecule has 2 aliphatic heterocycles. The summed E-state index contributed by atoms with van der Waals surface area (Å²) in [5.41, 5.74) is 1.64. The summed E-state index contributed by atoms with van der Waals surface area (Å²) in [7, 11) is 4.33. The largest absolute Gasteiger partial charge is 0.494 e. The lowest BCUT2D eigenvalue weighted by Gasteiger charge is -2.39. The van der Waals surface area contributed by atoms with Crippen molar-refractivity contribution in [2.75, 3.05) is 53.6 Å². The Morgan fingerprint density at radius 2 is 1.92 bits per heavy atom. The van der Waals surface area contributed by atoms with E-state index in [0.717, 1.165) is 64.0 Å². The highest BCUT2D eigenvalue weighted by Gasteiger charge is 2.34. The Balaban J connectivity index is 1.52. The van der Waals surface area contributed by atoms with Gasteiger partial charge >= 0.3 is 0 Å². The third-order valence-electron chi connectivity index (χ3n) is 6.08. The Labute approximate surface area is 159 Å². The van der Waals surface area contributed by atoms with Gasteiger partial charge < -0.3 is 19.3 Å². The lowest BCUT2D eigenvalue weighted by Crippen LogP contribution is -2.42. The quantitative estimate of drug-likeness (QED) is 0.662. The zero-order chi connectivity index (χ0) is 18.4. The fraction of sp³-hybridized carbons (Fsp3) is 0.727. The minimum absolute atomic E-state index is 0.214. The number of nitrogens with zero attached hydrogens (tertiary/aromatic N) is 2. The van der Waals surface area contributed by atoms with Crippen molar-refractivity contribution in [2.24, 2.45) is 0 Å². The summed E-state index contributed by atoms with van der Waals surface area (Å²) in [6.45, 7) is 8.36. The monoisotopic (exact) mass is 360 g/mol. The maximum Gasteiger partial charge on any atom is 0.119 e. The van der Waals surface area contributed by atoms with Gasteiger partial charge in [0.25, 0.3) is 0 Å². The molecule has 2 aliphatic rings. The topological polar surface area (TPSA) is 24.9 Å². The fourth-order valence-corrected chi connectivity index (χ4v) is 4.59. The lowest BCUT2D eigenvalue weighted by atomic mass is 9.74. The highest BCUT2D eigenvalue weighted by Crippen LogP contribution is 2.36. The standard InChI is InChI=1S/C22H36N2O2/c1-19-6-4-13-24(19)14-5-15-26-21-9-7-20(8-10-21)22(18-23(2)3)11-16-25-17-12-22/h7-10,19H,4-6,11-18H2,1-3H3. The van der Waals surface area contributed by atoms with Crippen molar-refractivity contribution in [1.29, 1.82) is 0 Å². The summed E-state index contributed by atoms with van der Waals surface area (Å²) in [5, 5.41) is 0. The van der Waals surface area contributed by atoms with Crippen molar-refractivity contribution in [1.82, 2.24) is 9.80 Å². The highest BCUT2D eigenvalue weighted by molar-refractivity contribution is 5.33. The van der Waals surface area contributed by atoms with Gasteiger partial charge in [0.05, 0.1) is 6.61 Å². The third-order valence-corrected chi connectivity index (χ3v) is 6.08. The van der Waals surface area contributed by atoms with Crippen LogP contribution in [0.25, 0.3) is 0 Å². The molecular formula is C22H36N2O2. The van der Waals surface area contributed by atoms with Crippen LogP contribution in [0.3, 0.4) is 0 Å². The second-order valence-corrected chi connectivity index (χ2v) is 8.38. The maximum absolute atomic E-state index is 6.00. The van der Waals surface area contributed by atoms with Gasteiger partial charge in [-0.1, -0.05) is 12.1 Å². The molecule has 1 atom stereocenters. The van der Waals surface area contributed by atoms with E-state index in [-0.39, 0.29) is 5.41 Å². The van der Waals surface area contributed by atoms with E-state index in [9.17, 15) is 0 Å². The average molecular weight is 361 g/mol. The molecule has 146 valence electrons. The van der Waals surface area contributed by atoms with E-state index in [4.69, 9.17) is 9.47 Å². The van der Waals surface area contributed by atoms with Crippen LogP contribution in [0.4, 0.5) is 0 Å². The van der Waals surface area contributed by atoms with E-state index in [1.165, 1.54) is 24.9 Å². The van der Waals surface area contributed by atoms with Gasteiger partial charge in [0.1, 0.15) is 5.75 Å². The molecule has 0 radical (unpaired) electrons. The zero-order valence-electron chi connectivity index (χ0n) is 16.9. The van der Waals surface area contributed by atoms with Crippen LogP contribution in [0, 0.1) is 0 Å². The van der Waals surface area contributed by atoms with Gasteiger partial charge in [-0.15, -0.1) is 0 Å². The molecule has 0 spiro atoms. The van der Waals surface area contributed by atoms with Crippen LogP contribution in [0.2, 0.25) is 0 Å². The summed E-state index contributed by atoms with van der Waals surface area (Å²) in [5.74, 6) is 0.996. The number of likely N-dealkylation sites (N-methyl/N-ethyl adjacent to an activating group) is 1. The van der Waals surface area contributed by atoms with Gasteiger partial charge in [0.2, 0.25) is 0 Å². The third kappa shape index (κ3) is 4.99. The van der Waals surface area contributed by atoms with Gasteiger partial charge in [-0.05, 0) is 77.4 Å². The number of ether oxygens (including phenoxy) is 2. The molecular weight excluding hydrogens is 324 g/mol. The molecule has 0 N–H and O–H groups in total. The molecule has 2 heterocycles. The van der Waals surface area contributed by atoms with Crippen LogP contribution >= 0.6 is 0 Å². The van der Waals surface area contributed by atoms with E-state index < -0.39 is 0 Å². The van der Waals surface area contributed by atoms with Gasteiger partial charge in [-0.3, -0.25) is 0 Å². The van der Waals surface area contributed by atoms with Crippen LogP contribution in [-0.2, 0) is 10.2 Å². The number of benzene rings is 1. The Kier molecular flexibility index (Phi) is 6.96. The van der Waals surface area contributed by atoms with Crippen LogP contribution in [0.5, 0.6) is 5.75 Å². The molecule has 26 heavy (non-hydrogen) atoms. The van der Waals surface area contributed by atoms with Crippen LogP contribution in [-0.4, -0.2) is 69.4 Å². The van der Waals surface area contributed by atoms with Crippen molar-refractivity contribution in [3.63, 3.8) is 0 Å². The molecule has 1 aromatic carbocycles. The number of hydrogen-bond acceptors (Lipinski definition) is 4. The van der Waals surface area contributed by atoms with Crippen molar-refractivity contribution < 1.29 is 9.47 Å². The van der Waals surface area contributed by atoms with Gasteiger partial charge in [0, 0.05) is 37.8 Å². The van der Waals surface area contributed by atoms with E-state index in [1.54, 1.807) is 0 Å². The molecule has 4 nitrogen and oxygen atoms in total. The van der Waals surface area contributed by atoms with Gasteiger partial charge in [0.15, 0.2) is 0 Å². The van der Waals surface area contributed by atoms with Crippen molar-refractivity contribution in [2.45, 2.75) is 50.5 Å². The zero-order valence-corrected chi connectivity index (χ0v) is 16.9. The first-order valence-electron chi connectivity index (χ1n) is 10.3. The molecule has 4 heteroatoms. The summed E-state index contributed by atoms with van der Waals surface area (Å²) in [6.07, 6.45) is 6.00. The molecule has 0 aromatic heterocycles. The van der Waals surface area contributed by atoms with Crippen molar-refractivity contribution in [3.8, 4) is 5.75 Å². The first kappa shape index (κ1) is 19.7. The molecule has 0 amide bonds. The molecule has 3 rings (SSSR count). The summed E-state index contributed by atoms with van der Waals surface area (Å²) < 4.78 is 11.6. The van der Waals surface area contributed by atoms with Crippen LogP contribution in [0.15, 0.2) is 24.3 Å². The second kappa shape index (κ2) is 9.20. The Bertz CT molecular complexity index is 538. The van der Waals surface area contributed by atoms with Crippen LogP contribution < -0.4 is 4.74 Å². The molecule has 2 fully saturated rings. The first-order chi connectivity index (χ1) is 12.6. The molecule has 1 aromatic rings. The van der Waals surface area contributed by atoms with E-state index >= 15 is 0 Å². The number of hydrogen-bond donors (Lipinski definition) is 0. The SMILES string of the molecule is CC1CCCN1CCCOc1ccc(C2(CN(C)C)CCOCC2)cc1. The fourth-order valence-electron chi connectivity index (χ4n) is 4.59. The molecule has 0 aliphatic carbocycles. The number of rotatable bonds is 8. The van der Waals surface area contributed by atoms with Crippen molar-refractivity contribution >= 4 is 0 Å². The summed E-state index contributed by atoms with van der Waals surface area (Å²) >= 11 is 0. The number of likely N-dealkylation sites (tertiary alicyclic amines) is 1. The lowest BCUT2D eigenvalue weighted by molar-refractivity contribution is 0.0401. The smallest absolute Gasteiger partial charge is 0.119 e. The Hall–Kier alpha value is -1.10. The molecule has 0 bridgehead atoms. The normalized spacial score (nSPS) is 23.5. The predicted molar refractivity (Wildman–Crippen MR) is 107 cm³/mol. The van der Waals surface area contributed by atoms with E-state index in [0.29, 0.717) is 0 Å². The van der Waals surface area contributed by atoms with Crippen LogP contribution in [0.1, 0.15) is 44.6 Å². The minimum Gasteiger partial charge on any atom is -0.494 e. The Morgan fingerprint density at radius 3 is 2.54 bits per heavy atom. The summed E-state index contributed by atoms with van der Waals surface area (Å²) in [6, 6.07) is 9.60.